The lowest BCUT2D eigenvalue weighted by atomic mass is 10.2. The highest BCUT2D eigenvalue weighted by molar-refractivity contribution is 6.35. The van der Waals surface area contributed by atoms with Gasteiger partial charge in [-0.1, -0.05) is 35.3 Å². The van der Waals surface area contributed by atoms with E-state index in [2.05, 4.69) is 5.32 Å². The minimum absolute atomic E-state index is 0.157. The van der Waals surface area contributed by atoms with Crippen molar-refractivity contribution in [3.8, 4) is 5.75 Å². The monoisotopic (exact) mass is 406 g/mol. The van der Waals surface area contributed by atoms with Crippen molar-refractivity contribution in [2.24, 2.45) is 0 Å². The molecule has 1 aliphatic heterocycles. The molecule has 1 aliphatic rings. The standard InChI is InChI=1S/C19H16Cl2N2O4/c20-13-3-6-16(15(21)9-13)27-11-17(24)22-14-4-1-12(2-5-14)10-23-18(25)7-8-19(23)26/h1-6,9H,7-8,10-11H2,(H,22,24). The van der Waals surface area contributed by atoms with Gasteiger partial charge in [-0.2, -0.15) is 0 Å². The number of carbonyl (C=O) groups is 3. The van der Waals surface area contributed by atoms with Crippen molar-refractivity contribution < 1.29 is 19.1 Å². The Morgan fingerprint density at radius 3 is 2.33 bits per heavy atom. The van der Waals surface area contributed by atoms with Crippen LogP contribution in [0.15, 0.2) is 42.5 Å². The van der Waals surface area contributed by atoms with Crippen molar-refractivity contribution >= 4 is 46.6 Å². The van der Waals surface area contributed by atoms with Gasteiger partial charge in [-0.25, -0.2) is 0 Å². The average Bonchev–Trinajstić information content (AvgIpc) is 2.94. The number of benzene rings is 2. The van der Waals surface area contributed by atoms with E-state index in [-0.39, 0.29) is 43.7 Å². The van der Waals surface area contributed by atoms with Crippen molar-refractivity contribution in [3.63, 3.8) is 0 Å². The molecule has 1 N–H and O–H groups in total. The Balaban J connectivity index is 1.52. The largest absolute Gasteiger partial charge is 0.482 e. The molecule has 0 unspecified atom stereocenters. The molecule has 2 aromatic rings. The first-order valence-corrected chi connectivity index (χ1v) is 8.98. The number of rotatable bonds is 6. The quantitative estimate of drug-likeness (QED) is 0.742. The molecule has 1 saturated heterocycles. The number of hydrogen-bond donors (Lipinski definition) is 1. The predicted octanol–water partition coefficient (Wildman–Crippen LogP) is 3.66. The van der Waals surface area contributed by atoms with E-state index in [1.54, 1.807) is 36.4 Å². The Labute approximate surface area is 166 Å². The van der Waals surface area contributed by atoms with Crippen LogP contribution in [0.5, 0.6) is 5.75 Å². The molecule has 140 valence electrons. The second kappa shape index (κ2) is 8.41. The summed E-state index contributed by atoms with van der Waals surface area (Å²) in [4.78, 5) is 36.6. The lowest BCUT2D eigenvalue weighted by Gasteiger charge is -2.14. The van der Waals surface area contributed by atoms with E-state index < -0.39 is 0 Å². The number of amides is 3. The first kappa shape index (κ1) is 19.2. The molecular weight excluding hydrogens is 391 g/mol. The number of anilines is 1. The van der Waals surface area contributed by atoms with Gasteiger partial charge in [-0.05, 0) is 35.9 Å². The van der Waals surface area contributed by atoms with Crippen LogP contribution in [0.4, 0.5) is 5.69 Å². The zero-order valence-corrected chi connectivity index (χ0v) is 15.7. The van der Waals surface area contributed by atoms with E-state index in [1.807, 2.05) is 0 Å². The van der Waals surface area contributed by atoms with Crippen molar-refractivity contribution in [1.82, 2.24) is 4.90 Å². The van der Waals surface area contributed by atoms with E-state index >= 15 is 0 Å². The molecule has 0 aromatic heterocycles. The summed E-state index contributed by atoms with van der Waals surface area (Å²) in [6.45, 7) is 0.0317. The molecular formula is C19H16Cl2N2O4. The molecule has 8 heteroatoms. The molecule has 27 heavy (non-hydrogen) atoms. The molecule has 0 saturated carbocycles. The fourth-order valence-corrected chi connectivity index (χ4v) is 3.07. The van der Waals surface area contributed by atoms with Crippen molar-refractivity contribution in [1.29, 1.82) is 0 Å². The normalized spacial score (nSPS) is 13.8. The average molecular weight is 407 g/mol. The minimum atomic E-state index is -0.348. The zero-order valence-electron chi connectivity index (χ0n) is 14.2. The number of carbonyl (C=O) groups excluding carboxylic acids is 3. The molecule has 1 fully saturated rings. The number of hydrogen-bond acceptors (Lipinski definition) is 4. The van der Waals surface area contributed by atoms with E-state index in [0.717, 1.165) is 5.56 Å². The Hall–Kier alpha value is -2.57. The van der Waals surface area contributed by atoms with Gasteiger partial charge in [-0.3, -0.25) is 19.3 Å². The Bertz CT molecular complexity index is 868. The second-order valence-corrected chi connectivity index (χ2v) is 6.83. The van der Waals surface area contributed by atoms with Crippen LogP contribution in [0, 0.1) is 0 Å². The number of ether oxygens (including phenoxy) is 1. The molecule has 0 atom stereocenters. The maximum Gasteiger partial charge on any atom is 0.262 e. The summed E-state index contributed by atoms with van der Waals surface area (Å²) in [6.07, 6.45) is 0.537. The smallest absolute Gasteiger partial charge is 0.262 e. The van der Waals surface area contributed by atoms with Crippen LogP contribution in [0.2, 0.25) is 10.0 Å². The molecule has 2 aromatic carbocycles. The predicted molar refractivity (Wildman–Crippen MR) is 102 cm³/mol. The second-order valence-electron chi connectivity index (χ2n) is 5.98. The summed E-state index contributed by atoms with van der Waals surface area (Å²) in [5, 5.41) is 3.51. The van der Waals surface area contributed by atoms with Gasteiger partial charge in [0.05, 0.1) is 11.6 Å². The van der Waals surface area contributed by atoms with Crippen LogP contribution in [0.25, 0.3) is 0 Å². The molecule has 0 bridgehead atoms. The lowest BCUT2D eigenvalue weighted by Crippen LogP contribution is -2.28. The van der Waals surface area contributed by atoms with Gasteiger partial charge >= 0.3 is 0 Å². The number of halogens is 2. The van der Waals surface area contributed by atoms with Gasteiger partial charge in [0.2, 0.25) is 11.8 Å². The van der Waals surface area contributed by atoms with Crippen molar-refractivity contribution in [3.05, 3.63) is 58.1 Å². The first-order valence-electron chi connectivity index (χ1n) is 8.22. The lowest BCUT2D eigenvalue weighted by molar-refractivity contribution is -0.139. The molecule has 3 rings (SSSR count). The number of nitrogens with one attached hydrogen (secondary N) is 1. The summed E-state index contributed by atoms with van der Waals surface area (Å²) in [5.41, 5.74) is 1.38. The van der Waals surface area contributed by atoms with Gasteiger partial charge in [0.1, 0.15) is 5.75 Å². The van der Waals surface area contributed by atoms with Crippen molar-refractivity contribution in [2.45, 2.75) is 19.4 Å². The molecule has 0 aliphatic carbocycles. The van der Waals surface area contributed by atoms with Crippen molar-refractivity contribution in [2.75, 3.05) is 11.9 Å². The summed E-state index contributed by atoms with van der Waals surface area (Å²) in [6, 6.07) is 11.7. The first-order chi connectivity index (χ1) is 12.9. The van der Waals surface area contributed by atoms with Crippen LogP contribution < -0.4 is 10.1 Å². The van der Waals surface area contributed by atoms with Crippen LogP contribution >= 0.6 is 23.2 Å². The van der Waals surface area contributed by atoms with E-state index in [9.17, 15) is 14.4 Å². The van der Waals surface area contributed by atoms with Gasteiger partial charge in [0.25, 0.3) is 5.91 Å². The van der Waals surface area contributed by atoms with E-state index in [4.69, 9.17) is 27.9 Å². The number of nitrogens with zero attached hydrogens (tertiary/aromatic N) is 1. The van der Waals surface area contributed by atoms with Gasteiger partial charge < -0.3 is 10.1 Å². The van der Waals surface area contributed by atoms with Gasteiger partial charge in [-0.15, -0.1) is 0 Å². The third kappa shape index (κ3) is 4.99. The summed E-state index contributed by atoms with van der Waals surface area (Å²) >= 11 is 11.8. The Morgan fingerprint density at radius 1 is 1.04 bits per heavy atom. The summed E-state index contributed by atoms with van der Waals surface area (Å²) in [7, 11) is 0. The third-order valence-corrected chi connectivity index (χ3v) is 4.52. The molecule has 6 nitrogen and oxygen atoms in total. The maximum atomic E-state index is 12.0. The molecule has 1 heterocycles. The van der Waals surface area contributed by atoms with Crippen LogP contribution in [0.1, 0.15) is 18.4 Å². The minimum Gasteiger partial charge on any atom is -0.482 e. The molecule has 0 radical (unpaired) electrons. The van der Waals surface area contributed by atoms with Crippen LogP contribution in [0.3, 0.4) is 0 Å². The Morgan fingerprint density at radius 2 is 1.70 bits per heavy atom. The summed E-state index contributed by atoms with van der Waals surface area (Å²) < 4.78 is 5.38. The zero-order chi connectivity index (χ0) is 19.4. The maximum absolute atomic E-state index is 12.0. The SMILES string of the molecule is O=C(COc1ccc(Cl)cc1Cl)Nc1ccc(CN2C(=O)CCC2=O)cc1. The topological polar surface area (TPSA) is 75.7 Å². The van der Waals surface area contributed by atoms with Gasteiger partial charge in [0.15, 0.2) is 6.61 Å². The van der Waals surface area contributed by atoms with Gasteiger partial charge in [0, 0.05) is 23.6 Å². The highest BCUT2D eigenvalue weighted by atomic mass is 35.5. The number of imide groups is 1. The Kier molecular flexibility index (Phi) is 5.98. The highest BCUT2D eigenvalue weighted by Crippen LogP contribution is 2.27. The number of likely N-dealkylation sites (tertiary alicyclic amines) is 1. The van der Waals surface area contributed by atoms with E-state index in [1.165, 1.54) is 11.0 Å². The molecule has 0 spiro atoms. The highest BCUT2D eigenvalue weighted by Gasteiger charge is 2.28. The fraction of sp³-hybridized carbons (Fsp3) is 0.211. The van der Waals surface area contributed by atoms with Crippen LogP contribution in [-0.2, 0) is 20.9 Å². The fourth-order valence-electron chi connectivity index (χ4n) is 2.61. The van der Waals surface area contributed by atoms with Crippen LogP contribution in [-0.4, -0.2) is 29.2 Å². The summed E-state index contributed by atoms with van der Waals surface area (Å²) in [5.74, 6) is -0.295. The molecule has 3 amide bonds. The third-order valence-electron chi connectivity index (χ3n) is 3.99. The van der Waals surface area contributed by atoms with E-state index in [0.29, 0.717) is 21.5 Å².